The van der Waals surface area contributed by atoms with Crippen LogP contribution in [0.1, 0.15) is 112 Å². The van der Waals surface area contributed by atoms with Gasteiger partial charge in [0.05, 0.1) is 31.5 Å². The summed E-state index contributed by atoms with van der Waals surface area (Å²) in [5, 5.41) is 23.9. The lowest BCUT2D eigenvalue weighted by molar-refractivity contribution is -0.302. The van der Waals surface area contributed by atoms with Crippen molar-refractivity contribution in [2.45, 2.75) is 167 Å². The molecule has 5 rings (SSSR count). The first-order valence-corrected chi connectivity index (χ1v) is 23.4. The second-order valence-electron chi connectivity index (χ2n) is 18.9. The van der Waals surface area contributed by atoms with Crippen LogP contribution in [0.15, 0.2) is 47.6 Å². The molecule has 1 saturated carbocycles. The number of fused-ring (bicyclic) bond motifs is 3. The number of rotatable bonds is 9. The number of esters is 1. The highest BCUT2D eigenvalue weighted by Crippen LogP contribution is 2.39. The maximum absolute atomic E-state index is 14.5. The second kappa shape index (κ2) is 23.2. The first-order valence-electron chi connectivity index (χ1n) is 23.4. The number of benzene rings is 1. The minimum Gasteiger partial charge on any atom is -0.497 e. The number of ether oxygens (including phenoxy) is 7. The molecule has 1 aromatic carbocycles. The molecule has 0 radical (unpaired) electrons. The predicted octanol–water partition coefficient (Wildman–Crippen LogP) is 6.57. The van der Waals surface area contributed by atoms with E-state index in [1.807, 2.05) is 51.1 Å². The molecule has 3 aliphatic heterocycles. The van der Waals surface area contributed by atoms with E-state index in [2.05, 4.69) is 13.0 Å². The lowest BCUT2D eigenvalue weighted by Crippen LogP contribution is -2.64. The van der Waals surface area contributed by atoms with E-state index < -0.39 is 77.8 Å². The van der Waals surface area contributed by atoms with E-state index in [4.69, 9.17) is 33.2 Å². The number of carbonyl (C=O) groups excluding carboxylic acids is 4. The Labute approximate surface area is 380 Å². The number of hydrogen-bond donors (Lipinski definition) is 2. The minimum absolute atomic E-state index is 0.0123. The number of methoxy groups -OCH3 is 4. The van der Waals surface area contributed by atoms with Gasteiger partial charge >= 0.3 is 5.97 Å². The van der Waals surface area contributed by atoms with Gasteiger partial charge in [0, 0.05) is 52.0 Å². The molecule has 2 bridgehead atoms. The normalized spacial score (nSPS) is 37.7. The molecule has 3 heterocycles. The van der Waals surface area contributed by atoms with Crippen LogP contribution < -0.4 is 9.47 Å². The average Bonchev–Trinajstić information content (AvgIpc) is 3.29. The zero-order valence-corrected chi connectivity index (χ0v) is 39.8. The Balaban J connectivity index is 1.48. The summed E-state index contributed by atoms with van der Waals surface area (Å²) in [6.07, 6.45) is 4.55. The summed E-state index contributed by atoms with van der Waals surface area (Å²) in [7, 11) is 6.35. The summed E-state index contributed by atoms with van der Waals surface area (Å²) in [4.78, 5) is 58.3. The molecule has 0 spiro atoms. The van der Waals surface area contributed by atoms with E-state index in [9.17, 15) is 29.4 Å². The zero-order chi connectivity index (χ0) is 46.9. The van der Waals surface area contributed by atoms with E-state index in [0.29, 0.717) is 56.3 Å². The number of allylic oxidation sites excluding steroid dienone is 3. The molecule has 2 N–H and O–H groups in total. The van der Waals surface area contributed by atoms with Crippen LogP contribution in [0.5, 0.6) is 11.5 Å². The van der Waals surface area contributed by atoms with Crippen LogP contribution in [0.4, 0.5) is 0 Å². The average molecular weight is 898 g/mol. The van der Waals surface area contributed by atoms with Gasteiger partial charge < -0.3 is 48.3 Å². The summed E-state index contributed by atoms with van der Waals surface area (Å²) in [6.45, 7) is 11.3. The van der Waals surface area contributed by atoms with Crippen molar-refractivity contribution in [2.24, 2.45) is 29.6 Å². The molecule has 0 aromatic heterocycles. The number of Topliss-reactive ketones (excluding diaryl/α,β-unsaturated/α-hetero) is 2. The smallest absolute Gasteiger partial charge is 0.329 e. The lowest BCUT2D eigenvalue weighted by atomic mass is 9.81. The Morgan fingerprint density at radius 1 is 0.859 bits per heavy atom. The summed E-state index contributed by atoms with van der Waals surface area (Å²) in [5.41, 5.74) is 1.68. The summed E-state index contributed by atoms with van der Waals surface area (Å²) >= 11 is 0. The van der Waals surface area contributed by atoms with Gasteiger partial charge in [0.25, 0.3) is 11.7 Å². The molecule has 3 fully saturated rings. The largest absolute Gasteiger partial charge is 0.497 e. The quantitative estimate of drug-likeness (QED) is 0.155. The number of ketones is 2. The Kier molecular flexibility index (Phi) is 18.6. The van der Waals surface area contributed by atoms with Crippen molar-refractivity contribution >= 4 is 23.4 Å². The SMILES string of the molecule is CCC1/C=C(\C)CC(C)CC(OC)C2OC(O)(C(=O)C(=O)N3CCCCC3C(=O)OC(C(C)=CC3CCC(Oc4ccc(OC)cc4)C(OC)C3)C(C)C(O)CC1=O)C(C)CC2OC. The van der Waals surface area contributed by atoms with Gasteiger partial charge in [-0.05, 0) is 120 Å². The van der Waals surface area contributed by atoms with Crippen molar-refractivity contribution in [3.63, 3.8) is 0 Å². The van der Waals surface area contributed by atoms with Crippen molar-refractivity contribution in [3.8, 4) is 11.5 Å². The van der Waals surface area contributed by atoms with Crippen LogP contribution in [0.3, 0.4) is 0 Å². The molecule has 1 aliphatic carbocycles. The predicted molar refractivity (Wildman–Crippen MR) is 239 cm³/mol. The summed E-state index contributed by atoms with van der Waals surface area (Å²) in [6, 6.07) is 6.28. The Morgan fingerprint density at radius 3 is 2.16 bits per heavy atom. The molecular formula is C50H75NO13. The maximum Gasteiger partial charge on any atom is 0.329 e. The molecule has 14 nitrogen and oxygen atoms in total. The number of cyclic esters (lactones) is 1. The monoisotopic (exact) mass is 898 g/mol. The molecule has 358 valence electrons. The number of piperidine rings is 1. The molecule has 1 amide bonds. The second-order valence-corrected chi connectivity index (χ2v) is 18.9. The van der Waals surface area contributed by atoms with E-state index in [0.717, 1.165) is 17.7 Å². The number of aliphatic hydroxyl groups is 2. The van der Waals surface area contributed by atoms with Crippen LogP contribution in [0, 0.1) is 29.6 Å². The van der Waals surface area contributed by atoms with Crippen molar-refractivity contribution in [2.75, 3.05) is 35.0 Å². The van der Waals surface area contributed by atoms with E-state index in [-0.39, 0.29) is 55.6 Å². The molecule has 14 unspecified atom stereocenters. The van der Waals surface area contributed by atoms with E-state index in [1.165, 1.54) is 19.1 Å². The van der Waals surface area contributed by atoms with Crippen LogP contribution in [0.2, 0.25) is 0 Å². The number of amides is 1. The molecule has 2 saturated heterocycles. The van der Waals surface area contributed by atoms with Crippen LogP contribution in [-0.4, -0.2) is 128 Å². The number of carbonyl (C=O) groups is 4. The van der Waals surface area contributed by atoms with Crippen LogP contribution >= 0.6 is 0 Å². The highest BCUT2D eigenvalue weighted by molar-refractivity contribution is 6.39. The highest BCUT2D eigenvalue weighted by atomic mass is 16.7. The van der Waals surface area contributed by atoms with Gasteiger partial charge in [-0.3, -0.25) is 14.4 Å². The van der Waals surface area contributed by atoms with Gasteiger partial charge in [0.2, 0.25) is 5.79 Å². The standard InChI is InChI=1S/C50H75NO13/c1-11-35-23-29(2)22-30(3)24-43(60-9)46-44(61-10)26-32(5)50(57,64-46)47(54)48(55)51-21-13-12-14-38(51)49(56)63-45(33(6)39(52)28-40(35)53)31(4)25-34-15-20-41(42(27-34)59-8)62-37-18-16-36(58-7)17-19-37/h16-19,23,25,30,32-35,38-39,41-46,52,57H,11-15,20-22,24,26-28H2,1-10H3/b29-23+,31-25?. The third-order valence-electron chi connectivity index (χ3n) is 14.2. The van der Waals surface area contributed by atoms with Gasteiger partial charge in [0.15, 0.2) is 0 Å². The number of hydrogen-bond acceptors (Lipinski definition) is 13. The topological polar surface area (TPSA) is 177 Å². The fourth-order valence-electron chi connectivity index (χ4n) is 10.3. The first-order chi connectivity index (χ1) is 30.5. The Hall–Kier alpha value is -3.66. The van der Waals surface area contributed by atoms with Gasteiger partial charge in [-0.15, -0.1) is 0 Å². The van der Waals surface area contributed by atoms with Gasteiger partial charge in [-0.25, -0.2) is 4.79 Å². The van der Waals surface area contributed by atoms with Crippen molar-refractivity contribution < 1.29 is 62.5 Å². The molecule has 14 heteroatoms. The van der Waals surface area contributed by atoms with Crippen molar-refractivity contribution in [1.82, 2.24) is 4.90 Å². The van der Waals surface area contributed by atoms with Crippen molar-refractivity contribution in [3.05, 3.63) is 47.6 Å². The van der Waals surface area contributed by atoms with E-state index in [1.54, 1.807) is 28.1 Å². The fraction of sp³-hybridized carbons (Fsp3) is 0.720. The van der Waals surface area contributed by atoms with Gasteiger partial charge in [-0.2, -0.15) is 0 Å². The minimum atomic E-state index is -2.51. The summed E-state index contributed by atoms with van der Waals surface area (Å²) in [5.74, 6) is -6.06. The molecule has 1 aromatic rings. The fourth-order valence-corrected chi connectivity index (χ4v) is 10.3. The van der Waals surface area contributed by atoms with Gasteiger partial charge in [-0.1, -0.05) is 45.4 Å². The Bertz CT molecular complexity index is 1800. The van der Waals surface area contributed by atoms with Crippen LogP contribution in [0.25, 0.3) is 0 Å². The van der Waals surface area contributed by atoms with Gasteiger partial charge in [0.1, 0.15) is 41.6 Å². The third kappa shape index (κ3) is 12.2. The highest BCUT2D eigenvalue weighted by Gasteiger charge is 2.56. The number of nitrogens with zero attached hydrogens (tertiary/aromatic N) is 1. The first kappa shape index (κ1) is 51.3. The Morgan fingerprint density at radius 2 is 1.52 bits per heavy atom. The van der Waals surface area contributed by atoms with Crippen LogP contribution in [-0.2, 0) is 42.9 Å². The molecule has 14 atom stereocenters. The maximum atomic E-state index is 14.5. The zero-order valence-electron chi connectivity index (χ0n) is 39.8. The van der Waals surface area contributed by atoms with E-state index >= 15 is 0 Å². The number of aliphatic hydroxyl groups excluding tert-OH is 1. The third-order valence-corrected chi connectivity index (χ3v) is 14.2. The summed E-state index contributed by atoms with van der Waals surface area (Å²) < 4.78 is 42.0. The molecule has 4 aliphatic rings. The van der Waals surface area contributed by atoms with Crippen molar-refractivity contribution in [1.29, 1.82) is 0 Å². The molecule has 64 heavy (non-hydrogen) atoms. The molecular weight excluding hydrogens is 823 g/mol. The lowest BCUT2D eigenvalue weighted by Gasteiger charge is -2.47.